The fourth-order valence-corrected chi connectivity index (χ4v) is 3.83. The summed E-state index contributed by atoms with van der Waals surface area (Å²) in [5, 5.41) is 3.41. The van der Waals surface area contributed by atoms with Gasteiger partial charge in [-0.25, -0.2) is 0 Å². The van der Waals surface area contributed by atoms with Crippen molar-refractivity contribution in [2.24, 2.45) is 0 Å². The molecule has 1 aromatic rings. The second kappa shape index (κ2) is 9.22. The predicted octanol–water partition coefficient (Wildman–Crippen LogP) is 2.99. The summed E-state index contributed by atoms with van der Waals surface area (Å²) < 4.78 is 0. The van der Waals surface area contributed by atoms with E-state index in [0.717, 1.165) is 32.2 Å². The van der Waals surface area contributed by atoms with Gasteiger partial charge in [0.1, 0.15) is 0 Å². The first-order valence-corrected chi connectivity index (χ1v) is 10.1. The summed E-state index contributed by atoms with van der Waals surface area (Å²) in [6, 6.07) is 5.00. The smallest absolute Gasteiger partial charge is 0.253 e. The molecule has 3 rings (SSSR count). The molecular formula is C20H26ClN3O3. The second-order valence-corrected chi connectivity index (χ2v) is 7.55. The first-order chi connectivity index (χ1) is 13.1. The van der Waals surface area contributed by atoms with Crippen molar-refractivity contribution >= 4 is 35.0 Å². The molecule has 0 radical (unpaired) electrons. The van der Waals surface area contributed by atoms with Crippen molar-refractivity contribution < 1.29 is 14.4 Å². The molecule has 0 saturated carbocycles. The Balaban J connectivity index is 1.56. The number of benzene rings is 1. The van der Waals surface area contributed by atoms with E-state index in [-0.39, 0.29) is 17.7 Å². The third kappa shape index (κ3) is 5.01. The standard InChI is InChI=1S/C20H26ClN3O3/c21-15-8-9-16(17(14-15)24-13-4-7-19(24)26)20(27)22-10-5-12-23-11-3-1-2-6-18(23)25/h8-9,14H,1-7,10-13H2,(H,22,27). The molecule has 0 aliphatic carbocycles. The molecule has 0 unspecified atom stereocenters. The fourth-order valence-electron chi connectivity index (χ4n) is 3.67. The van der Waals surface area contributed by atoms with Crippen LogP contribution in [0.1, 0.15) is 55.3 Å². The topological polar surface area (TPSA) is 69.7 Å². The Labute approximate surface area is 164 Å². The van der Waals surface area contributed by atoms with Gasteiger partial charge in [-0.3, -0.25) is 14.4 Å². The van der Waals surface area contributed by atoms with E-state index < -0.39 is 0 Å². The van der Waals surface area contributed by atoms with Gasteiger partial charge >= 0.3 is 0 Å². The van der Waals surface area contributed by atoms with Crippen molar-refractivity contribution in [3.63, 3.8) is 0 Å². The third-order valence-electron chi connectivity index (χ3n) is 5.13. The minimum atomic E-state index is -0.219. The van der Waals surface area contributed by atoms with E-state index in [1.807, 2.05) is 4.90 Å². The monoisotopic (exact) mass is 391 g/mol. The van der Waals surface area contributed by atoms with Crippen LogP contribution in [0.4, 0.5) is 5.69 Å². The van der Waals surface area contributed by atoms with Gasteiger partial charge in [0.2, 0.25) is 11.8 Å². The van der Waals surface area contributed by atoms with Crippen LogP contribution >= 0.6 is 11.6 Å². The van der Waals surface area contributed by atoms with Crippen LogP contribution in [-0.2, 0) is 9.59 Å². The average Bonchev–Trinajstić information content (AvgIpc) is 2.97. The lowest BCUT2D eigenvalue weighted by molar-refractivity contribution is -0.130. The molecule has 27 heavy (non-hydrogen) atoms. The molecule has 3 amide bonds. The highest BCUT2D eigenvalue weighted by atomic mass is 35.5. The van der Waals surface area contributed by atoms with Crippen LogP contribution in [0.25, 0.3) is 0 Å². The highest BCUT2D eigenvalue weighted by molar-refractivity contribution is 6.31. The lowest BCUT2D eigenvalue weighted by Gasteiger charge is -2.21. The Morgan fingerprint density at radius 2 is 1.85 bits per heavy atom. The number of rotatable bonds is 6. The van der Waals surface area contributed by atoms with Gasteiger partial charge in [-0.1, -0.05) is 18.0 Å². The maximum Gasteiger partial charge on any atom is 0.253 e. The highest BCUT2D eigenvalue weighted by Crippen LogP contribution is 2.28. The summed E-state index contributed by atoms with van der Waals surface area (Å²) in [4.78, 5) is 40.2. The molecule has 1 N–H and O–H groups in total. The van der Waals surface area contributed by atoms with Gasteiger partial charge < -0.3 is 15.1 Å². The molecule has 0 aromatic heterocycles. The molecule has 0 spiro atoms. The van der Waals surface area contributed by atoms with E-state index in [9.17, 15) is 14.4 Å². The Bertz CT molecular complexity index is 722. The zero-order chi connectivity index (χ0) is 19.2. The Morgan fingerprint density at radius 3 is 2.63 bits per heavy atom. The van der Waals surface area contributed by atoms with Crippen LogP contribution in [0.2, 0.25) is 5.02 Å². The number of nitrogens with one attached hydrogen (secondary N) is 1. The van der Waals surface area contributed by atoms with E-state index in [4.69, 9.17) is 11.6 Å². The molecule has 0 atom stereocenters. The van der Waals surface area contributed by atoms with Crippen molar-refractivity contribution in [2.75, 3.05) is 31.1 Å². The van der Waals surface area contributed by atoms with Crippen LogP contribution in [0.15, 0.2) is 18.2 Å². The van der Waals surface area contributed by atoms with Gasteiger partial charge in [-0.05, 0) is 43.9 Å². The van der Waals surface area contributed by atoms with E-state index in [2.05, 4.69) is 5.32 Å². The Kier molecular flexibility index (Phi) is 6.72. The van der Waals surface area contributed by atoms with E-state index in [1.165, 1.54) is 0 Å². The van der Waals surface area contributed by atoms with E-state index in [0.29, 0.717) is 55.2 Å². The molecule has 6 nitrogen and oxygen atoms in total. The summed E-state index contributed by atoms with van der Waals surface area (Å²) in [6.07, 6.45) is 5.76. The molecule has 2 aliphatic heterocycles. The predicted molar refractivity (Wildman–Crippen MR) is 105 cm³/mol. The summed E-state index contributed by atoms with van der Waals surface area (Å²) in [5.41, 5.74) is 1.03. The molecule has 0 bridgehead atoms. The molecule has 7 heteroatoms. The molecule has 2 heterocycles. The van der Waals surface area contributed by atoms with Crippen LogP contribution in [0.5, 0.6) is 0 Å². The number of hydrogen-bond acceptors (Lipinski definition) is 3. The zero-order valence-electron chi connectivity index (χ0n) is 15.5. The fraction of sp³-hybridized carbons (Fsp3) is 0.550. The van der Waals surface area contributed by atoms with Gasteiger partial charge in [0.05, 0.1) is 11.3 Å². The Hall–Kier alpha value is -2.08. The SMILES string of the molecule is O=C(NCCCN1CCCCCC1=O)c1ccc(Cl)cc1N1CCCC1=O. The van der Waals surface area contributed by atoms with Crippen molar-refractivity contribution in [2.45, 2.75) is 44.9 Å². The summed E-state index contributed by atoms with van der Waals surface area (Å²) >= 11 is 6.08. The quantitative estimate of drug-likeness (QED) is 0.758. The maximum absolute atomic E-state index is 12.6. The van der Waals surface area contributed by atoms with Gasteiger partial charge in [0.25, 0.3) is 5.91 Å². The number of carbonyl (C=O) groups is 3. The number of nitrogens with zero attached hydrogens (tertiary/aromatic N) is 2. The zero-order valence-corrected chi connectivity index (χ0v) is 16.3. The van der Waals surface area contributed by atoms with Gasteiger partial charge in [0.15, 0.2) is 0 Å². The number of carbonyl (C=O) groups excluding carboxylic acids is 3. The molecule has 2 saturated heterocycles. The second-order valence-electron chi connectivity index (χ2n) is 7.11. The van der Waals surface area contributed by atoms with Crippen LogP contribution in [0, 0.1) is 0 Å². The average molecular weight is 392 g/mol. The maximum atomic E-state index is 12.6. The lowest BCUT2D eigenvalue weighted by atomic mass is 10.1. The van der Waals surface area contributed by atoms with Crippen molar-refractivity contribution in [3.05, 3.63) is 28.8 Å². The summed E-state index contributed by atoms with van der Waals surface area (Å²) in [6.45, 7) is 2.57. The van der Waals surface area contributed by atoms with Crippen molar-refractivity contribution in [1.29, 1.82) is 0 Å². The number of likely N-dealkylation sites (tertiary alicyclic amines) is 1. The van der Waals surface area contributed by atoms with Gasteiger partial charge in [-0.15, -0.1) is 0 Å². The van der Waals surface area contributed by atoms with E-state index in [1.54, 1.807) is 23.1 Å². The normalized spacial score (nSPS) is 18.0. The van der Waals surface area contributed by atoms with Gasteiger partial charge in [-0.2, -0.15) is 0 Å². The first kappa shape index (κ1) is 19.7. The van der Waals surface area contributed by atoms with Crippen molar-refractivity contribution in [3.8, 4) is 0 Å². The number of anilines is 1. The van der Waals surface area contributed by atoms with Gasteiger partial charge in [0, 0.05) is 44.0 Å². The third-order valence-corrected chi connectivity index (χ3v) is 5.37. The van der Waals surface area contributed by atoms with E-state index >= 15 is 0 Å². The minimum absolute atomic E-state index is 0.0194. The largest absolute Gasteiger partial charge is 0.352 e. The molecule has 146 valence electrons. The molecular weight excluding hydrogens is 366 g/mol. The van der Waals surface area contributed by atoms with Crippen LogP contribution in [0.3, 0.4) is 0 Å². The van der Waals surface area contributed by atoms with Crippen LogP contribution < -0.4 is 10.2 Å². The highest BCUT2D eigenvalue weighted by Gasteiger charge is 2.26. The minimum Gasteiger partial charge on any atom is -0.352 e. The first-order valence-electron chi connectivity index (χ1n) is 9.72. The molecule has 2 aliphatic rings. The summed E-state index contributed by atoms with van der Waals surface area (Å²) in [7, 11) is 0. The lowest BCUT2D eigenvalue weighted by Crippen LogP contribution is -2.34. The molecule has 2 fully saturated rings. The number of hydrogen-bond donors (Lipinski definition) is 1. The molecule has 1 aromatic carbocycles. The van der Waals surface area contributed by atoms with Crippen LogP contribution in [-0.4, -0.2) is 48.8 Å². The number of amides is 3. The van der Waals surface area contributed by atoms with Crippen molar-refractivity contribution in [1.82, 2.24) is 10.2 Å². The number of halogens is 1. The Morgan fingerprint density at radius 1 is 1.04 bits per heavy atom. The summed E-state index contributed by atoms with van der Waals surface area (Å²) in [5.74, 6) is 0.0147.